The van der Waals surface area contributed by atoms with Crippen molar-refractivity contribution < 1.29 is 5.11 Å². The van der Waals surface area contributed by atoms with E-state index in [1.807, 2.05) is 32.8 Å². The van der Waals surface area contributed by atoms with Crippen LogP contribution in [0.1, 0.15) is 26.3 Å². The molecule has 0 bridgehead atoms. The Labute approximate surface area is 106 Å². The van der Waals surface area contributed by atoms with Crippen molar-refractivity contribution in [3.05, 3.63) is 26.4 Å². The Balaban J connectivity index is 3.35. The summed E-state index contributed by atoms with van der Waals surface area (Å²) in [5.74, 6) is -0.235. The number of nitrogens with one attached hydrogen (secondary N) is 1. The van der Waals surface area contributed by atoms with Crippen molar-refractivity contribution >= 4 is 0 Å². The van der Waals surface area contributed by atoms with E-state index in [9.17, 15) is 14.7 Å². The summed E-state index contributed by atoms with van der Waals surface area (Å²) in [6.45, 7) is 5.97. The number of aromatic amines is 1. The van der Waals surface area contributed by atoms with E-state index in [1.54, 1.807) is 6.92 Å². The van der Waals surface area contributed by atoms with Crippen LogP contribution in [-0.2, 0) is 13.0 Å². The van der Waals surface area contributed by atoms with Crippen LogP contribution in [0.4, 0.5) is 0 Å². The molecule has 0 unspecified atom stereocenters. The summed E-state index contributed by atoms with van der Waals surface area (Å²) in [5, 5.41) is 10.0. The van der Waals surface area contributed by atoms with E-state index in [0.29, 0.717) is 13.0 Å². The molecule has 0 saturated heterocycles. The highest BCUT2D eigenvalue weighted by Gasteiger charge is 2.24. The number of hydrogen-bond acceptors (Lipinski definition) is 4. The number of likely N-dealkylation sites (N-methyl/N-ethyl adjacent to an activating group) is 1. The van der Waals surface area contributed by atoms with E-state index in [2.05, 4.69) is 4.98 Å². The summed E-state index contributed by atoms with van der Waals surface area (Å²) in [6, 6.07) is 0. The van der Waals surface area contributed by atoms with Crippen LogP contribution in [0.2, 0.25) is 0 Å². The van der Waals surface area contributed by atoms with Crippen molar-refractivity contribution in [2.75, 3.05) is 14.1 Å². The molecule has 2 N–H and O–H groups in total. The predicted octanol–water partition coefficient (Wildman–Crippen LogP) is 0.145. The third kappa shape index (κ3) is 2.64. The van der Waals surface area contributed by atoms with E-state index < -0.39 is 11.2 Å². The minimum Gasteiger partial charge on any atom is -0.494 e. The SMILES string of the molecule is CCc1c(O)n(CC(C)(C)N(C)C)c(=O)[nH]c1=O. The lowest BCUT2D eigenvalue weighted by Crippen LogP contribution is -2.45. The van der Waals surface area contributed by atoms with Gasteiger partial charge in [-0.05, 0) is 34.4 Å². The third-order valence-electron chi connectivity index (χ3n) is 3.37. The van der Waals surface area contributed by atoms with Crippen LogP contribution in [0.25, 0.3) is 0 Å². The van der Waals surface area contributed by atoms with Crippen LogP contribution < -0.4 is 11.2 Å². The monoisotopic (exact) mass is 255 g/mol. The van der Waals surface area contributed by atoms with Gasteiger partial charge in [-0.25, -0.2) is 4.79 Å². The fraction of sp³-hybridized carbons (Fsp3) is 0.667. The zero-order valence-corrected chi connectivity index (χ0v) is 11.6. The van der Waals surface area contributed by atoms with Crippen molar-refractivity contribution in [1.82, 2.24) is 14.5 Å². The van der Waals surface area contributed by atoms with E-state index in [1.165, 1.54) is 4.57 Å². The first-order valence-electron chi connectivity index (χ1n) is 5.93. The quantitative estimate of drug-likeness (QED) is 0.802. The zero-order valence-electron chi connectivity index (χ0n) is 11.6. The number of rotatable bonds is 4. The average molecular weight is 255 g/mol. The molecule has 1 aromatic heterocycles. The number of nitrogens with zero attached hydrogens (tertiary/aromatic N) is 2. The van der Waals surface area contributed by atoms with E-state index >= 15 is 0 Å². The standard InChI is InChI=1S/C12H21N3O3/c1-6-8-9(16)13-11(18)15(10(8)17)7-12(2,3)14(4)5/h17H,6-7H2,1-5H3,(H,13,16,18). The normalized spacial score (nSPS) is 12.1. The topological polar surface area (TPSA) is 78.3 Å². The fourth-order valence-electron chi connectivity index (χ4n) is 1.59. The van der Waals surface area contributed by atoms with Gasteiger partial charge in [0, 0.05) is 12.1 Å². The predicted molar refractivity (Wildman–Crippen MR) is 70.1 cm³/mol. The first-order valence-corrected chi connectivity index (χ1v) is 5.93. The molecule has 0 aliphatic carbocycles. The average Bonchev–Trinajstić information content (AvgIpc) is 2.24. The molecule has 1 heterocycles. The lowest BCUT2D eigenvalue weighted by molar-refractivity contribution is 0.161. The maximum Gasteiger partial charge on any atom is 0.331 e. The summed E-state index contributed by atoms with van der Waals surface area (Å²) in [5.41, 5.74) is -1.17. The molecule has 6 nitrogen and oxygen atoms in total. The van der Waals surface area contributed by atoms with Crippen LogP contribution in [0.3, 0.4) is 0 Å². The largest absolute Gasteiger partial charge is 0.494 e. The molecule has 0 spiro atoms. The Hall–Kier alpha value is -1.56. The Morgan fingerprint density at radius 3 is 2.33 bits per heavy atom. The second kappa shape index (κ2) is 4.97. The molecule has 0 aliphatic heterocycles. The van der Waals surface area contributed by atoms with Crippen LogP contribution in [0, 0.1) is 0 Å². The van der Waals surface area contributed by atoms with Crippen molar-refractivity contribution in [1.29, 1.82) is 0 Å². The van der Waals surface area contributed by atoms with E-state index in [4.69, 9.17) is 0 Å². The van der Waals surface area contributed by atoms with Crippen molar-refractivity contribution in [2.24, 2.45) is 0 Å². The summed E-state index contributed by atoms with van der Waals surface area (Å²) >= 11 is 0. The van der Waals surface area contributed by atoms with Crippen molar-refractivity contribution in [2.45, 2.75) is 39.3 Å². The molecule has 0 saturated carbocycles. The molecule has 6 heteroatoms. The highest BCUT2D eigenvalue weighted by molar-refractivity contribution is 5.22. The van der Waals surface area contributed by atoms with Crippen LogP contribution in [0.5, 0.6) is 5.88 Å². The summed E-state index contributed by atoms with van der Waals surface area (Å²) in [6.07, 6.45) is 0.379. The van der Waals surface area contributed by atoms with Gasteiger partial charge in [0.25, 0.3) is 5.56 Å². The Bertz CT molecular complexity index is 540. The van der Waals surface area contributed by atoms with E-state index in [0.717, 1.165) is 0 Å². The molecule has 18 heavy (non-hydrogen) atoms. The van der Waals surface area contributed by atoms with Gasteiger partial charge in [-0.2, -0.15) is 0 Å². The van der Waals surface area contributed by atoms with Crippen LogP contribution in [0.15, 0.2) is 9.59 Å². The molecule has 102 valence electrons. The third-order valence-corrected chi connectivity index (χ3v) is 3.37. The number of aromatic nitrogens is 2. The molecule has 0 atom stereocenters. The van der Waals surface area contributed by atoms with Gasteiger partial charge in [-0.1, -0.05) is 6.92 Å². The van der Waals surface area contributed by atoms with Gasteiger partial charge in [0.05, 0.1) is 5.56 Å². The van der Waals surface area contributed by atoms with Crippen molar-refractivity contribution in [3.63, 3.8) is 0 Å². The van der Waals surface area contributed by atoms with Crippen LogP contribution >= 0.6 is 0 Å². The van der Waals surface area contributed by atoms with Gasteiger partial charge in [-0.15, -0.1) is 0 Å². The molecule has 1 rings (SSSR count). The number of H-pyrrole nitrogens is 1. The lowest BCUT2D eigenvalue weighted by atomic mass is 10.0. The molecule has 0 aliphatic rings. The first-order chi connectivity index (χ1) is 8.20. The number of hydrogen-bond donors (Lipinski definition) is 2. The molecule has 0 amide bonds. The zero-order chi connectivity index (χ0) is 14.1. The molecule has 0 fully saturated rings. The highest BCUT2D eigenvalue weighted by atomic mass is 16.3. The summed E-state index contributed by atoms with van der Waals surface area (Å²) in [4.78, 5) is 27.5. The van der Waals surface area contributed by atoms with Gasteiger partial charge < -0.3 is 10.0 Å². The molecule has 0 aromatic carbocycles. The Morgan fingerprint density at radius 1 is 1.33 bits per heavy atom. The lowest BCUT2D eigenvalue weighted by Gasteiger charge is -2.33. The second-order valence-corrected chi connectivity index (χ2v) is 5.21. The second-order valence-electron chi connectivity index (χ2n) is 5.21. The van der Waals surface area contributed by atoms with Gasteiger partial charge >= 0.3 is 5.69 Å². The maximum absolute atomic E-state index is 11.8. The number of aromatic hydroxyl groups is 1. The Morgan fingerprint density at radius 2 is 1.89 bits per heavy atom. The summed E-state index contributed by atoms with van der Waals surface area (Å²) in [7, 11) is 3.79. The summed E-state index contributed by atoms with van der Waals surface area (Å²) < 4.78 is 1.21. The highest BCUT2D eigenvalue weighted by Crippen LogP contribution is 2.17. The molecular formula is C12H21N3O3. The Kier molecular flexibility index (Phi) is 4.01. The smallest absolute Gasteiger partial charge is 0.331 e. The molecule has 1 aromatic rings. The van der Waals surface area contributed by atoms with Crippen molar-refractivity contribution in [3.8, 4) is 5.88 Å². The van der Waals surface area contributed by atoms with Crippen LogP contribution in [-0.4, -0.2) is 39.2 Å². The maximum atomic E-state index is 11.8. The minimum atomic E-state index is -0.579. The minimum absolute atomic E-state index is 0.235. The molecule has 0 radical (unpaired) electrons. The molecular weight excluding hydrogens is 234 g/mol. The van der Waals surface area contributed by atoms with Gasteiger partial charge in [0.15, 0.2) is 0 Å². The van der Waals surface area contributed by atoms with Gasteiger partial charge in [0.1, 0.15) is 0 Å². The first kappa shape index (κ1) is 14.5. The fourth-order valence-corrected chi connectivity index (χ4v) is 1.59. The van der Waals surface area contributed by atoms with Gasteiger partial charge in [0.2, 0.25) is 5.88 Å². The van der Waals surface area contributed by atoms with E-state index in [-0.39, 0.29) is 17.0 Å². The van der Waals surface area contributed by atoms with Gasteiger partial charge in [-0.3, -0.25) is 14.3 Å².